The summed E-state index contributed by atoms with van der Waals surface area (Å²) in [5, 5.41) is 0. The summed E-state index contributed by atoms with van der Waals surface area (Å²) < 4.78 is 30.2. The van der Waals surface area contributed by atoms with Gasteiger partial charge in [-0.3, -0.25) is 4.79 Å². The molecule has 0 spiro atoms. The Labute approximate surface area is 137 Å². The lowest BCUT2D eigenvalue weighted by molar-refractivity contribution is 0.0676. The molecule has 1 aliphatic rings. The van der Waals surface area contributed by atoms with E-state index in [0.29, 0.717) is 30.9 Å². The molecule has 0 radical (unpaired) electrons. The van der Waals surface area contributed by atoms with Crippen LogP contribution in [0.2, 0.25) is 0 Å². The number of ether oxygens (including phenoxy) is 1. The van der Waals surface area contributed by atoms with Gasteiger partial charge in [-0.1, -0.05) is 6.07 Å². The van der Waals surface area contributed by atoms with Crippen LogP contribution in [0.25, 0.3) is 0 Å². The molecule has 7 heteroatoms. The molecule has 1 aromatic carbocycles. The van der Waals surface area contributed by atoms with Crippen LogP contribution in [0, 0.1) is 12.8 Å². The van der Waals surface area contributed by atoms with Crippen molar-refractivity contribution in [2.75, 3.05) is 33.0 Å². The third kappa shape index (κ3) is 4.94. The number of hydrogen-bond donors (Lipinski definition) is 1. The second-order valence-electron chi connectivity index (χ2n) is 6.06. The van der Waals surface area contributed by atoms with E-state index >= 15 is 0 Å². The Hall–Kier alpha value is -1.60. The van der Waals surface area contributed by atoms with Crippen molar-refractivity contribution in [3.8, 4) is 5.75 Å². The number of carbonyl (C=O) groups is 1. The molecule has 0 aliphatic carbocycles. The first-order chi connectivity index (χ1) is 10.8. The van der Waals surface area contributed by atoms with E-state index < -0.39 is 10.0 Å². The van der Waals surface area contributed by atoms with Gasteiger partial charge in [0, 0.05) is 25.2 Å². The number of nitrogens with one attached hydrogen (secondary N) is 1. The lowest BCUT2D eigenvalue weighted by Gasteiger charge is -2.33. The van der Waals surface area contributed by atoms with Gasteiger partial charge in [0.1, 0.15) is 5.75 Å². The van der Waals surface area contributed by atoms with Gasteiger partial charge in [-0.25, -0.2) is 13.1 Å². The van der Waals surface area contributed by atoms with E-state index in [-0.39, 0.29) is 11.8 Å². The van der Waals surface area contributed by atoms with Crippen LogP contribution >= 0.6 is 0 Å². The van der Waals surface area contributed by atoms with Crippen molar-refractivity contribution < 1.29 is 17.9 Å². The molecule has 1 N–H and O–H groups in total. The second-order valence-corrected chi connectivity index (χ2v) is 7.90. The smallest absolute Gasteiger partial charge is 0.253 e. The number of benzene rings is 1. The zero-order valence-electron chi connectivity index (χ0n) is 13.8. The van der Waals surface area contributed by atoms with Gasteiger partial charge in [0.25, 0.3) is 5.91 Å². The summed E-state index contributed by atoms with van der Waals surface area (Å²) in [4.78, 5) is 14.5. The molecule has 1 atom stereocenters. The largest absolute Gasteiger partial charge is 0.496 e. The van der Waals surface area contributed by atoms with E-state index in [0.717, 1.165) is 24.7 Å². The van der Waals surface area contributed by atoms with E-state index in [1.54, 1.807) is 24.1 Å². The quantitative estimate of drug-likeness (QED) is 0.879. The van der Waals surface area contributed by atoms with Gasteiger partial charge in [0.2, 0.25) is 10.0 Å². The molecule has 0 unspecified atom stereocenters. The fourth-order valence-corrected chi connectivity index (χ4v) is 3.36. The summed E-state index contributed by atoms with van der Waals surface area (Å²) >= 11 is 0. The SMILES string of the molecule is COc1cc(C(=O)N2CCC[C@H](CNS(C)(=O)=O)C2)ccc1C. The maximum Gasteiger partial charge on any atom is 0.253 e. The van der Waals surface area contributed by atoms with Crippen LogP contribution < -0.4 is 9.46 Å². The topological polar surface area (TPSA) is 75.7 Å². The van der Waals surface area contributed by atoms with Crippen molar-refractivity contribution in [2.24, 2.45) is 5.92 Å². The van der Waals surface area contributed by atoms with Gasteiger partial charge in [-0.2, -0.15) is 0 Å². The Balaban J connectivity index is 2.04. The van der Waals surface area contributed by atoms with Gasteiger partial charge in [0.05, 0.1) is 13.4 Å². The van der Waals surface area contributed by atoms with Gasteiger partial charge in [0.15, 0.2) is 0 Å². The number of sulfonamides is 1. The Kier molecular flexibility index (Phi) is 5.64. The Bertz CT molecular complexity index is 673. The fourth-order valence-electron chi connectivity index (χ4n) is 2.82. The van der Waals surface area contributed by atoms with Gasteiger partial charge >= 0.3 is 0 Å². The summed E-state index contributed by atoms with van der Waals surface area (Å²) in [6.45, 7) is 3.57. The molecule has 128 valence electrons. The van der Waals surface area contributed by atoms with Gasteiger partial charge in [-0.15, -0.1) is 0 Å². The van der Waals surface area contributed by atoms with Crippen molar-refractivity contribution in [3.63, 3.8) is 0 Å². The van der Waals surface area contributed by atoms with E-state index in [1.165, 1.54) is 0 Å². The summed E-state index contributed by atoms with van der Waals surface area (Å²) in [5.74, 6) is 0.810. The first-order valence-electron chi connectivity index (χ1n) is 7.68. The molecule has 6 nitrogen and oxygen atoms in total. The average molecular weight is 340 g/mol. The van der Waals surface area contributed by atoms with Crippen LogP contribution in [0.15, 0.2) is 18.2 Å². The molecule has 0 saturated carbocycles. The molecule has 1 amide bonds. The highest BCUT2D eigenvalue weighted by Gasteiger charge is 2.25. The van der Waals surface area contributed by atoms with Crippen molar-refractivity contribution in [1.29, 1.82) is 0 Å². The minimum Gasteiger partial charge on any atom is -0.496 e. The Morgan fingerprint density at radius 1 is 1.43 bits per heavy atom. The maximum atomic E-state index is 12.7. The van der Waals surface area contributed by atoms with E-state index in [1.807, 2.05) is 13.0 Å². The molecule has 23 heavy (non-hydrogen) atoms. The van der Waals surface area contributed by atoms with Crippen LogP contribution in [0.4, 0.5) is 0 Å². The van der Waals surface area contributed by atoms with Crippen molar-refractivity contribution in [3.05, 3.63) is 29.3 Å². The number of nitrogens with zero attached hydrogens (tertiary/aromatic N) is 1. The Morgan fingerprint density at radius 3 is 2.83 bits per heavy atom. The van der Waals surface area contributed by atoms with Crippen LogP contribution in [0.5, 0.6) is 5.75 Å². The number of amides is 1. The molecule has 1 heterocycles. The molecule has 2 rings (SSSR count). The van der Waals surface area contributed by atoms with Gasteiger partial charge in [-0.05, 0) is 43.4 Å². The van der Waals surface area contributed by atoms with E-state index in [4.69, 9.17) is 4.74 Å². The zero-order chi connectivity index (χ0) is 17.0. The average Bonchev–Trinajstić information content (AvgIpc) is 2.52. The van der Waals surface area contributed by atoms with Crippen LogP contribution in [0.3, 0.4) is 0 Å². The third-order valence-corrected chi connectivity index (χ3v) is 4.79. The number of piperidine rings is 1. The predicted octanol–water partition coefficient (Wildman–Crippen LogP) is 1.41. The number of methoxy groups -OCH3 is 1. The summed E-state index contributed by atoms with van der Waals surface area (Å²) in [5.41, 5.74) is 1.59. The molecular formula is C16H24N2O4S. The molecule has 1 aromatic rings. The maximum absolute atomic E-state index is 12.7. The molecular weight excluding hydrogens is 316 g/mol. The highest BCUT2D eigenvalue weighted by molar-refractivity contribution is 7.88. The summed E-state index contributed by atoms with van der Waals surface area (Å²) in [6, 6.07) is 5.44. The Morgan fingerprint density at radius 2 is 2.17 bits per heavy atom. The summed E-state index contributed by atoms with van der Waals surface area (Å²) in [7, 11) is -1.61. The number of rotatable bonds is 5. The van der Waals surface area contributed by atoms with Crippen molar-refractivity contribution >= 4 is 15.9 Å². The van der Waals surface area contributed by atoms with Gasteiger partial charge < -0.3 is 9.64 Å². The van der Waals surface area contributed by atoms with E-state index in [2.05, 4.69) is 4.72 Å². The van der Waals surface area contributed by atoms with Crippen molar-refractivity contribution in [2.45, 2.75) is 19.8 Å². The monoisotopic (exact) mass is 340 g/mol. The molecule has 1 fully saturated rings. The first-order valence-corrected chi connectivity index (χ1v) is 9.58. The third-order valence-electron chi connectivity index (χ3n) is 4.10. The van der Waals surface area contributed by atoms with Crippen molar-refractivity contribution in [1.82, 2.24) is 9.62 Å². The number of carbonyl (C=O) groups excluding carboxylic acids is 1. The lowest BCUT2D eigenvalue weighted by Crippen LogP contribution is -2.43. The molecule has 0 aromatic heterocycles. The van der Waals surface area contributed by atoms with Crippen LogP contribution in [-0.4, -0.2) is 52.2 Å². The minimum absolute atomic E-state index is 0.0349. The fraction of sp³-hybridized carbons (Fsp3) is 0.562. The van der Waals surface area contributed by atoms with Crippen LogP contribution in [0.1, 0.15) is 28.8 Å². The highest BCUT2D eigenvalue weighted by atomic mass is 32.2. The number of hydrogen-bond acceptors (Lipinski definition) is 4. The lowest BCUT2D eigenvalue weighted by atomic mass is 9.97. The number of aryl methyl sites for hydroxylation is 1. The highest BCUT2D eigenvalue weighted by Crippen LogP contribution is 2.22. The normalized spacial score (nSPS) is 18.7. The standard InChI is InChI=1S/C16H24N2O4S/c1-12-6-7-14(9-15(12)22-2)16(19)18-8-4-5-13(11-18)10-17-23(3,20)21/h6-7,9,13,17H,4-5,8,10-11H2,1-3H3/t13-/m1/s1. The van der Waals surface area contributed by atoms with E-state index in [9.17, 15) is 13.2 Å². The predicted molar refractivity (Wildman–Crippen MR) is 89.2 cm³/mol. The minimum atomic E-state index is -3.20. The molecule has 1 saturated heterocycles. The van der Waals surface area contributed by atoms with Crippen LogP contribution in [-0.2, 0) is 10.0 Å². The number of likely N-dealkylation sites (tertiary alicyclic amines) is 1. The second kappa shape index (κ2) is 7.31. The molecule has 1 aliphatic heterocycles. The summed E-state index contributed by atoms with van der Waals surface area (Å²) in [6.07, 6.45) is 2.95. The zero-order valence-corrected chi connectivity index (χ0v) is 14.6. The molecule has 0 bridgehead atoms. The first kappa shape index (κ1) is 17.7.